The Labute approximate surface area is 102 Å². The number of nitrogens with zero attached hydrogens (tertiary/aromatic N) is 3. The molecule has 1 aromatic carbocycles. The second-order valence-electron chi connectivity index (χ2n) is 3.51. The van der Waals surface area contributed by atoms with E-state index in [0.29, 0.717) is 11.9 Å². The quantitative estimate of drug-likeness (QED) is 0.900. The van der Waals surface area contributed by atoms with Crippen molar-refractivity contribution in [2.45, 2.75) is 6.54 Å². The van der Waals surface area contributed by atoms with Crippen LogP contribution in [0.5, 0.6) is 0 Å². The molecule has 3 N–H and O–H groups in total. The van der Waals surface area contributed by atoms with E-state index in [1.807, 2.05) is 24.1 Å². The minimum absolute atomic E-state index is 0.330. The van der Waals surface area contributed by atoms with Crippen molar-refractivity contribution < 1.29 is 0 Å². The van der Waals surface area contributed by atoms with E-state index >= 15 is 0 Å². The smallest absolute Gasteiger partial charge is 0.246 e. The van der Waals surface area contributed by atoms with Gasteiger partial charge < -0.3 is 10.6 Å². The highest BCUT2D eigenvalue weighted by atomic mass is 79.9. The van der Waals surface area contributed by atoms with Crippen LogP contribution in [0, 0.1) is 0 Å². The molecular formula is C10H12BrN5. The number of nitrogen functional groups attached to an aromatic ring is 1. The lowest BCUT2D eigenvalue weighted by Gasteiger charge is -2.14. The van der Waals surface area contributed by atoms with E-state index in [-0.39, 0.29) is 0 Å². The second-order valence-corrected chi connectivity index (χ2v) is 4.42. The summed E-state index contributed by atoms with van der Waals surface area (Å²) in [5.74, 6) is 0.925. The number of nitrogens with one attached hydrogen (secondary N) is 1. The molecular weight excluding hydrogens is 270 g/mol. The predicted molar refractivity (Wildman–Crippen MR) is 67.0 cm³/mol. The molecule has 0 spiro atoms. The lowest BCUT2D eigenvalue weighted by molar-refractivity contribution is 0.870. The Bertz CT molecular complexity index is 482. The lowest BCUT2D eigenvalue weighted by atomic mass is 10.2. The first kappa shape index (κ1) is 10.9. The molecule has 16 heavy (non-hydrogen) atoms. The van der Waals surface area contributed by atoms with Crippen LogP contribution in [-0.2, 0) is 6.54 Å². The number of hydrogen-bond acceptors (Lipinski definition) is 4. The largest absolute Gasteiger partial charge is 0.368 e. The summed E-state index contributed by atoms with van der Waals surface area (Å²) in [6, 6.07) is 8.11. The Morgan fingerprint density at radius 2 is 2.31 bits per heavy atom. The van der Waals surface area contributed by atoms with Gasteiger partial charge >= 0.3 is 0 Å². The van der Waals surface area contributed by atoms with Gasteiger partial charge in [-0.25, -0.2) is 5.10 Å². The molecule has 0 aliphatic heterocycles. The maximum Gasteiger partial charge on any atom is 0.246 e. The highest BCUT2D eigenvalue weighted by molar-refractivity contribution is 9.10. The molecule has 0 amide bonds. The molecule has 6 heteroatoms. The van der Waals surface area contributed by atoms with Crippen molar-refractivity contribution in [3.05, 3.63) is 34.3 Å². The topological polar surface area (TPSA) is 70.8 Å². The van der Waals surface area contributed by atoms with Gasteiger partial charge in [-0.05, 0) is 17.7 Å². The number of aromatic amines is 1. The molecule has 0 aliphatic carbocycles. The number of nitrogens with two attached hydrogens (primary N) is 1. The van der Waals surface area contributed by atoms with E-state index in [1.54, 1.807) is 0 Å². The standard InChI is InChI=1S/C10H12BrN5/c1-16(10-13-9(12)14-15-10)6-7-3-2-4-8(11)5-7/h2-5H,6H2,1H3,(H3,12,13,14,15). The molecule has 5 nitrogen and oxygen atoms in total. The van der Waals surface area contributed by atoms with Gasteiger partial charge in [0.15, 0.2) is 0 Å². The highest BCUT2D eigenvalue weighted by Crippen LogP contribution is 2.15. The van der Waals surface area contributed by atoms with Crippen molar-refractivity contribution in [1.29, 1.82) is 0 Å². The van der Waals surface area contributed by atoms with E-state index in [9.17, 15) is 0 Å². The Kier molecular flexibility index (Phi) is 3.09. The van der Waals surface area contributed by atoms with Gasteiger partial charge in [-0.2, -0.15) is 4.98 Å². The maximum atomic E-state index is 5.47. The monoisotopic (exact) mass is 281 g/mol. The molecule has 2 rings (SSSR count). The summed E-state index contributed by atoms with van der Waals surface area (Å²) in [5, 5.41) is 6.60. The summed E-state index contributed by atoms with van der Waals surface area (Å²) in [6.07, 6.45) is 0. The summed E-state index contributed by atoms with van der Waals surface area (Å²) in [7, 11) is 1.92. The maximum absolute atomic E-state index is 5.47. The third kappa shape index (κ3) is 2.52. The van der Waals surface area contributed by atoms with Crippen molar-refractivity contribution >= 4 is 27.8 Å². The number of halogens is 1. The summed E-state index contributed by atoms with van der Waals surface area (Å²) >= 11 is 3.44. The summed E-state index contributed by atoms with van der Waals surface area (Å²) < 4.78 is 1.06. The molecule has 2 aromatic rings. The zero-order chi connectivity index (χ0) is 11.5. The number of hydrogen-bond donors (Lipinski definition) is 2. The molecule has 0 saturated carbocycles. The van der Waals surface area contributed by atoms with E-state index in [2.05, 4.69) is 43.2 Å². The van der Waals surface area contributed by atoms with Crippen molar-refractivity contribution in [2.24, 2.45) is 0 Å². The Morgan fingerprint density at radius 3 is 2.94 bits per heavy atom. The van der Waals surface area contributed by atoms with Crippen LogP contribution in [0.25, 0.3) is 0 Å². The summed E-state index contributed by atoms with van der Waals surface area (Å²) in [4.78, 5) is 5.98. The first-order chi connectivity index (χ1) is 7.65. The molecule has 0 atom stereocenters. The van der Waals surface area contributed by atoms with Crippen molar-refractivity contribution in [3.8, 4) is 0 Å². The van der Waals surface area contributed by atoms with Gasteiger partial charge in [0.1, 0.15) is 0 Å². The average molecular weight is 282 g/mol. The Hall–Kier alpha value is -1.56. The molecule has 0 fully saturated rings. The summed E-state index contributed by atoms with van der Waals surface area (Å²) in [6.45, 7) is 0.733. The zero-order valence-electron chi connectivity index (χ0n) is 8.81. The van der Waals surface area contributed by atoms with Gasteiger partial charge in [0.25, 0.3) is 0 Å². The molecule has 0 unspecified atom stereocenters. The minimum Gasteiger partial charge on any atom is -0.368 e. The van der Waals surface area contributed by atoms with Crippen LogP contribution in [0.2, 0.25) is 0 Å². The first-order valence-electron chi connectivity index (χ1n) is 4.78. The third-order valence-electron chi connectivity index (χ3n) is 2.14. The number of benzene rings is 1. The normalized spacial score (nSPS) is 10.4. The van der Waals surface area contributed by atoms with E-state index in [4.69, 9.17) is 5.73 Å². The molecule has 0 radical (unpaired) electrons. The van der Waals surface area contributed by atoms with Gasteiger partial charge in [0.05, 0.1) is 0 Å². The first-order valence-corrected chi connectivity index (χ1v) is 5.58. The fraction of sp³-hybridized carbons (Fsp3) is 0.200. The van der Waals surface area contributed by atoms with Crippen LogP contribution < -0.4 is 10.6 Å². The van der Waals surface area contributed by atoms with E-state index < -0.39 is 0 Å². The van der Waals surface area contributed by atoms with Gasteiger partial charge in [-0.3, -0.25) is 0 Å². The zero-order valence-corrected chi connectivity index (χ0v) is 10.4. The number of anilines is 2. The highest BCUT2D eigenvalue weighted by Gasteiger charge is 2.07. The van der Waals surface area contributed by atoms with Gasteiger partial charge in [0.2, 0.25) is 11.9 Å². The van der Waals surface area contributed by atoms with Crippen LogP contribution in [0.1, 0.15) is 5.56 Å². The molecule has 0 saturated heterocycles. The van der Waals surface area contributed by atoms with Crippen LogP contribution in [0.15, 0.2) is 28.7 Å². The Morgan fingerprint density at radius 1 is 1.50 bits per heavy atom. The SMILES string of the molecule is CN(Cc1cccc(Br)c1)c1n[nH]c(N)n1. The lowest BCUT2D eigenvalue weighted by Crippen LogP contribution is -2.17. The van der Waals surface area contributed by atoms with Crippen molar-refractivity contribution in [1.82, 2.24) is 15.2 Å². The van der Waals surface area contributed by atoms with Crippen LogP contribution in [-0.4, -0.2) is 22.2 Å². The van der Waals surface area contributed by atoms with E-state index in [1.165, 1.54) is 5.56 Å². The van der Waals surface area contributed by atoms with Gasteiger partial charge in [0, 0.05) is 18.1 Å². The predicted octanol–water partition coefficient (Wildman–Crippen LogP) is 1.79. The Balaban J connectivity index is 2.10. The van der Waals surface area contributed by atoms with Crippen LogP contribution >= 0.6 is 15.9 Å². The number of H-pyrrole nitrogens is 1. The minimum atomic E-state index is 0.330. The molecule has 1 aromatic heterocycles. The van der Waals surface area contributed by atoms with Crippen molar-refractivity contribution in [2.75, 3.05) is 17.7 Å². The summed E-state index contributed by atoms with van der Waals surface area (Å²) in [5.41, 5.74) is 6.65. The van der Waals surface area contributed by atoms with Crippen LogP contribution in [0.4, 0.5) is 11.9 Å². The second kappa shape index (κ2) is 4.52. The molecule has 0 aliphatic rings. The van der Waals surface area contributed by atoms with E-state index in [0.717, 1.165) is 11.0 Å². The van der Waals surface area contributed by atoms with Gasteiger partial charge in [-0.15, -0.1) is 5.10 Å². The van der Waals surface area contributed by atoms with Crippen LogP contribution in [0.3, 0.4) is 0 Å². The van der Waals surface area contributed by atoms with Gasteiger partial charge in [-0.1, -0.05) is 28.1 Å². The fourth-order valence-corrected chi connectivity index (χ4v) is 1.86. The third-order valence-corrected chi connectivity index (χ3v) is 2.63. The molecule has 0 bridgehead atoms. The van der Waals surface area contributed by atoms with Crippen molar-refractivity contribution in [3.63, 3.8) is 0 Å². The fourth-order valence-electron chi connectivity index (χ4n) is 1.42. The molecule has 1 heterocycles. The average Bonchev–Trinajstić information content (AvgIpc) is 2.65. The number of rotatable bonds is 3. The number of aromatic nitrogens is 3. The molecule has 84 valence electrons.